The van der Waals surface area contributed by atoms with Crippen molar-refractivity contribution >= 4 is 16.6 Å². The molecule has 0 atom stereocenters. The summed E-state index contributed by atoms with van der Waals surface area (Å²) >= 11 is 0. The van der Waals surface area contributed by atoms with E-state index in [1.165, 1.54) is 16.5 Å². The van der Waals surface area contributed by atoms with Crippen molar-refractivity contribution in [1.82, 2.24) is 4.57 Å². The molecule has 1 heterocycles. The van der Waals surface area contributed by atoms with Gasteiger partial charge >= 0.3 is 0 Å². The molecule has 0 amide bonds. The van der Waals surface area contributed by atoms with E-state index in [9.17, 15) is 0 Å². The summed E-state index contributed by atoms with van der Waals surface area (Å²) in [5, 5.41) is 1.32. The monoisotopic (exact) mass is 280 g/mol. The van der Waals surface area contributed by atoms with Gasteiger partial charge in [0.25, 0.3) is 0 Å². The Kier molecular flexibility index (Phi) is 3.82. The van der Waals surface area contributed by atoms with Gasteiger partial charge in [0, 0.05) is 23.6 Å². The minimum absolute atomic E-state index is 0.666. The highest BCUT2D eigenvalue weighted by atomic mass is 16.5. The number of rotatable bonds is 5. The summed E-state index contributed by atoms with van der Waals surface area (Å²) in [5.74, 6) is 0.769. The van der Waals surface area contributed by atoms with Gasteiger partial charge in [0.05, 0.1) is 12.3 Å². The van der Waals surface area contributed by atoms with Crippen molar-refractivity contribution in [3.8, 4) is 5.75 Å². The van der Waals surface area contributed by atoms with Gasteiger partial charge in [-0.1, -0.05) is 24.3 Å². The molecule has 0 fully saturated rings. The molecule has 0 saturated carbocycles. The second kappa shape index (κ2) is 5.92. The Labute approximate surface area is 125 Å². The Morgan fingerprint density at radius 1 is 1.05 bits per heavy atom. The summed E-state index contributed by atoms with van der Waals surface area (Å²) in [5.41, 5.74) is 9.16. The predicted molar refractivity (Wildman–Crippen MR) is 87.6 cm³/mol. The van der Waals surface area contributed by atoms with Crippen LogP contribution in [0.2, 0.25) is 0 Å². The van der Waals surface area contributed by atoms with Crippen LogP contribution in [0.3, 0.4) is 0 Å². The van der Waals surface area contributed by atoms with E-state index in [0.29, 0.717) is 12.3 Å². The van der Waals surface area contributed by atoms with E-state index in [-0.39, 0.29) is 0 Å². The Morgan fingerprint density at radius 3 is 2.76 bits per heavy atom. The fourth-order valence-electron chi connectivity index (χ4n) is 2.60. The van der Waals surface area contributed by atoms with Crippen LogP contribution in [0.1, 0.15) is 12.0 Å². The molecule has 3 nitrogen and oxygen atoms in total. The molecule has 1 aromatic heterocycles. The smallest absolute Gasteiger partial charge is 0.142 e. The number of nitrogens with zero attached hydrogens (tertiary/aromatic N) is 1. The minimum Gasteiger partial charge on any atom is -0.491 e. The third kappa shape index (κ3) is 2.87. The summed E-state index contributed by atoms with van der Waals surface area (Å²) in [4.78, 5) is 0. The van der Waals surface area contributed by atoms with Gasteiger partial charge in [-0.25, -0.2) is 0 Å². The average molecular weight is 280 g/mol. The normalized spacial score (nSPS) is 10.9. The standard InChI is InChI=1S/C18H20N2O/c1-14-6-4-8-17-15(14)10-12-20(17)11-5-13-21-18-9-3-2-7-16(18)19/h2-4,6-10,12H,5,11,13,19H2,1H3. The number of ether oxygens (including phenoxy) is 1. The Bertz CT molecular complexity index is 746. The van der Waals surface area contributed by atoms with Crippen molar-refractivity contribution < 1.29 is 4.74 Å². The number of nitrogens with two attached hydrogens (primary N) is 1. The number of hydrogen-bond acceptors (Lipinski definition) is 2. The van der Waals surface area contributed by atoms with Crippen molar-refractivity contribution in [1.29, 1.82) is 0 Å². The van der Waals surface area contributed by atoms with Gasteiger partial charge in [-0.2, -0.15) is 0 Å². The molecule has 0 saturated heterocycles. The lowest BCUT2D eigenvalue weighted by Crippen LogP contribution is -2.04. The molecule has 21 heavy (non-hydrogen) atoms. The molecule has 0 bridgehead atoms. The Hall–Kier alpha value is -2.42. The van der Waals surface area contributed by atoms with E-state index in [2.05, 4.69) is 42.0 Å². The second-order valence-electron chi connectivity index (χ2n) is 5.26. The van der Waals surface area contributed by atoms with Crippen molar-refractivity contribution in [2.75, 3.05) is 12.3 Å². The highest BCUT2D eigenvalue weighted by Crippen LogP contribution is 2.21. The summed E-state index contributed by atoms with van der Waals surface area (Å²) < 4.78 is 8.01. The largest absolute Gasteiger partial charge is 0.491 e. The van der Waals surface area contributed by atoms with Gasteiger partial charge in [0.15, 0.2) is 0 Å². The van der Waals surface area contributed by atoms with Crippen molar-refractivity contribution in [2.24, 2.45) is 0 Å². The summed E-state index contributed by atoms with van der Waals surface area (Å²) in [6.07, 6.45) is 3.10. The molecule has 3 rings (SSSR count). The topological polar surface area (TPSA) is 40.2 Å². The van der Waals surface area contributed by atoms with Crippen LogP contribution in [0.25, 0.3) is 10.9 Å². The molecule has 0 spiro atoms. The van der Waals surface area contributed by atoms with Crippen LogP contribution in [0.4, 0.5) is 5.69 Å². The lowest BCUT2D eigenvalue weighted by molar-refractivity contribution is 0.304. The van der Waals surface area contributed by atoms with Gasteiger partial charge in [-0.05, 0) is 43.2 Å². The first-order valence-corrected chi connectivity index (χ1v) is 7.27. The van der Waals surface area contributed by atoms with Gasteiger partial charge in [-0.15, -0.1) is 0 Å². The molecule has 0 radical (unpaired) electrons. The molecule has 3 aromatic rings. The lowest BCUT2D eigenvalue weighted by Gasteiger charge is -2.09. The van der Waals surface area contributed by atoms with Gasteiger partial charge < -0.3 is 15.0 Å². The zero-order valence-corrected chi connectivity index (χ0v) is 12.3. The molecule has 2 aromatic carbocycles. The minimum atomic E-state index is 0.666. The third-order valence-electron chi connectivity index (χ3n) is 3.75. The average Bonchev–Trinajstić information content (AvgIpc) is 2.90. The summed E-state index contributed by atoms with van der Waals surface area (Å²) in [6, 6.07) is 16.2. The van der Waals surface area contributed by atoms with Crippen LogP contribution in [-0.4, -0.2) is 11.2 Å². The maximum atomic E-state index is 5.86. The lowest BCUT2D eigenvalue weighted by atomic mass is 10.1. The molecule has 2 N–H and O–H groups in total. The van der Waals surface area contributed by atoms with E-state index in [0.717, 1.165) is 18.7 Å². The molecule has 0 aliphatic rings. The van der Waals surface area contributed by atoms with Crippen LogP contribution in [-0.2, 0) is 6.54 Å². The molecule has 0 aliphatic heterocycles. The molecular formula is C18H20N2O. The summed E-state index contributed by atoms with van der Waals surface area (Å²) in [7, 11) is 0. The maximum Gasteiger partial charge on any atom is 0.142 e. The third-order valence-corrected chi connectivity index (χ3v) is 3.75. The fraction of sp³-hybridized carbons (Fsp3) is 0.222. The maximum absolute atomic E-state index is 5.86. The van der Waals surface area contributed by atoms with Gasteiger partial charge in [0.2, 0.25) is 0 Å². The number of fused-ring (bicyclic) bond motifs is 1. The zero-order valence-electron chi connectivity index (χ0n) is 12.3. The SMILES string of the molecule is Cc1cccc2c1ccn2CCCOc1ccccc1N. The summed E-state index contributed by atoms with van der Waals surface area (Å²) in [6.45, 7) is 3.76. The quantitative estimate of drug-likeness (QED) is 0.567. The van der Waals surface area contributed by atoms with Crippen LogP contribution in [0.5, 0.6) is 5.75 Å². The number of anilines is 1. The molecule has 3 heteroatoms. The van der Waals surface area contributed by atoms with Gasteiger partial charge in [0.1, 0.15) is 5.75 Å². The van der Waals surface area contributed by atoms with E-state index in [4.69, 9.17) is 10.5 Å². The number of hydrogen-bond donors (Lipinski definition) is 1. The van der Waals surface area contributed by atoms with Crippen molar-refractivity contribution in [2.45, 2.75) is 19.9 Å². The van der Waals surface area contributed by atoms with E-state index < -0.39 is 0 Å². The molecule has 0 unspecified atom stereocenters. The van der Waals surface area contributed by atoms with E-state index >= 15 is 0 Å². The zero-order chi connectivity index (χ0) is 14.7. The van der Waals surface area contributed by atoms with E-state index in [1.807, 2.05) is 24.3 Å². The Balaban J connectivity index is 1.60. The first-order valence-electron chi connectivity index (χ1n) is 7.27. The van der Waals surface area contributed by atoms with Crippen LogP contribution in [0.15, 0.2) is 54.7 Å². The van der Waals surface area contributed by atoms with Crippen LogP contribution < -0.4 is 10.5 Å². The highest BCUT2D eigenvalue weighted by Gasteiger charge is 2.03. The molecule has 0 aliphatic carbocycles. The fourth-order valence-corrected chi connectivity index (χ4v) is 2.60. The highest BCUT2D eigenvalue weighted by molar-refractivity contribution is 5.83. The van der Waals surface area contributed by atoms with E-state index in [1.54, 1.807) is 0 Å². The molecular weight excluding hydrogens is 260 g/mol. The first-order chi connectivity index (χ1) is 10.3. The number of aromatic nitrogens is 1. The number of para-hydroxylation sites is 2. The first kappa shape index (κ1) is 13.6. The number of aryl methyl sites for hydroxylation is 2. The number of benzene rings is 2. The van der Waals surface area contributed by atoms with Crippen molar-refractivity contribution in [3.63, 3.8) is 0 Å². The predicted octanol–water partition coefficient (Wildman–Crippen LogP) is 4.00. The van der Waals surface area contributed by atoms with Crippen molar-refractivity contribution in [3.05, 3.63) is 60.3 Å². The second-order valence-corrected chi connectivity index (χ2v) is 5.26. The van der Waals surface area contributed by atoms with Crippen LogP contribution >= 0.6 is 0 Å². The van der Waals surface area contributed by atoms with Crippen LogP contribution in [0, 0.1) is 6.92 Å². The molecule has 108 valence electrons. The number of nitrogen functional groups attached to an aromatic ring is 1. The Morgan fingerprint density at radius 2 is 1.90 bits per heavy atom. The van der Waals surface area contributed by atoms with Gasteiger partial charge in [-0.3, -0.25) is 0 Å².